The molecule has 0 bridgehead atoms. The zero-order valence-electron chi connectivity index (χ0n) is 39.6. The molecule has 0 aliphatic heterocycles. The Hall–Kier alpha value is -6.07. The van der Waals surface area contributed by atoms with Gasteiger partial charge in [-0.3, -0.25) is 35.0 Å². The van der Waals surface area contributed by atoms with Crippen molar-refractivity contribution in [2.75, 3.05) is 5.73 Å². The van der Waals surface area contributed by atoms with Gasteiger partial charge in [0.1, 0.15) is 5.82 Å². The summed E-state index contributed by atoms with van der Waals surface area (Å²) in [5, 5.41) is 62.4. The standard InChI is InChI=1S/C12H10FP.2C12H10NO2P.C6H6N2O2.C6H7P.3CH4.Ag.ClH.FH.HNO3.HNO2.H3N.Na/c13-10-6-8-12(9-7-10)14-11-4-2-1-3-5-11;2*14-13(15)10-6-8-12(9-7-10)16-11-4-2-1-3-5-11;7-5-1-3-6(4-2-5)8(9)10;7-6-4-2-1-3-5-6;;;;;;;2-1(3)4;2-1-3;;/h1-9,14H;2*1-9,16H;1-4H,7H2;1-5H,7H2;3*1H4;;2*1H;(H,2,3,4);(H,2,3);1H3;/q;;;;;;;;;;;;;;+1/p+2/i13-1;;;;;;;;;;1-1;;;;. The number of benzene rings is 8. The van der Waals surface area contributed by atoms with Crippen LogP contribution in [0.5, 0.6) is 0 Å². The van der Waals surface area contributed by atoms with Crippen molar-refractivity contribution in [3.63, 3.8) is 0 Å². The van der Waals surface area contributed by atoms with E-state index < -0.39 is 10.0 Å². The van der Waals surface area contributed by atoms with Crippen molar-refractivity contribution in [1.29, 1.82) is 0 Å². The first-order valence-corrected chi connectivity index (χ1v) is 24.2. The van der Waals surface area contributed by atoms with Crippen LogP contribution < -0.4 is 78.6 Å². The van der Waals surface area contributed by atoms with Crippen LogP contribution in [-0.4, -0.2) is 25.1 Å². The minimum atomic E-state index is -1.50. The number of nitro benzene ring substituents is 3. The molecule has 0 fully saturated rings. The Morgan fingerprint density at radius 2 is 0.654 bits per heavy atom. The van der Waals surface area contributed by atoms with Gasteiger partial charge in [0, 0.05) is 64.5 Å². The zero-order valence-corrected chi connectivity index (χ0v) is 48.6. The molecule has 0 spiro atoms. The molecule has 0 saturated carbocycles. The number of hydrogen-bond acceptors (Lipinski definition) is 13. The molecule has 8 aromatic carbocycles. The third kappa shape index (κ3) is 41.1. The Morgan fingerprint density at radius 3 is 0.859 bits per heavy atom. The summed E-state index contributed by atoms with van der Waals surface area (Å²) in [6, 6.07) is 66.8. The molecule has 0 aliphatic rings. The summed E-state index contributed by atoms with van der Waals surface area (Å²) < 4.78 is 12.6. The number of hydrogen-bond donors (Lipinski definition) is 3. The zero-order chi connectivity index (χ0) is 51.5. The molecule has 8 rings (SSSR count). The van der Waals surface area contributed by atoms with Gasteiger partial charge in [-0.2, -0.15) is 0 Å². The van der Waals surface area contributed by atoms with Gasteiger partial charge in [0.25, 0.3) is 22.1 Å². The first-order valence-electron chi connectivity index (χ1n) is 20.1. The van der Waals surface area contributed by atoms with Gasteiger partial charge in [-0.1, -0.05) is 107 Å². The van der Waals surface area contributed by atoms with Gasteiger partial charge in [-0.25, -0.2) is 4.39 Å². The van der Waals surface area contributed by atoms with Gasteiger partial charge in [0.15, 0.2) is 0 Å². The maximum atomic E-state index is 12.6. The minimum absolute atomic E-state index is 0. The predicted octanol–water partition coefficient (Wildman–Crippen LogP) is 8.01. The SMILES string of the molecule is C.C.C.Cl.N.Nc1ccc([N+](=O)[O-])cc1.O=N[O-].O=[N+]([O-])O.O=[N+]([O-])c1ccc([PH2+]c2ccccc2)cc1.O=[N+]([O-])c1ccc([PH2+]c2ccccc2)cc1.Pc1ccccc1.[18FH].[18F]c1ccc([PH2+]c2ccccc2)cc1.[Ag].[Na+]. The van der Waals surface area contributed by atoms with E-state index in [1.165, 1.54) is 62.9 Å². The summed E-state index contributed by atoms with van der Waals surface area (Å²) in [4.78, 5) is 46.2. The third-order valence-corrected chi connectivity index (χ3v) is 13.1. The number of non-ortho nitro benzene ring substituents is 3. The molecule has 27 heteroatoms. The van der Waals surface area contributed by atoms with Gasteiger partial charge >= 0.3 is 29.6 Å². The van der Waals surface area contributed by atoms with Crippen LogP contribution in [0.2, 0.25) is 0 Å². The van der Waals surface area contributed by atoms with Crippen molar-refractivity contribution in [3.05, 3.63) is 275 Å². The van der Waals surface area contributed by atoms with E-state index in [-0.39, 0.29) is 156 Å². The summed E-state index contributed by atoms with van der Waals surface area (Å²) >= 11 is 0. The van der Waals surface area contributed by atoms with Crippen molar-refractivity contribution in [3.8, 4) is 0 Å². The monoisotopic (exact) mass is 1280 g/mol. The Labute approximate surface area is 503 Å². The molecule has 6 N–H and O–H groups in total. The van der Waals surface area contributed by atoms with Crippen molar-refractivity contribution < 1.29 is 86.1 Å². The van der Waals surface area contributed by atoms with Crippen LogP contribution in [0.4, 0.5) is 31.8 Å². The van der Waals surface area contributed by atoms with Gasteiger partial charge in [0.2, 0.25) is 0 Å². The molecule has 4 atom stereocenters. The van der Waals surface area contributed by atoms with Gasteiger partial charge in [-0.15, -0.1) is 37.1 Å². The van der Waals surface area contributed by atoms with E-state index in [1.807, 2.05) is 121 Å². The Morgan fingerprint density at radius 1 is 0.462 bits per heavy atom. The largest absolute Gasteiger partial charge is 1.00 e. The number of nitrogens with zero attached hydrogens (tertiary/aromatic N) is 5. The van der Waals surface area contributed by atoms with Crippen LogP contribution >= 0.6 is 47.4 Å². The molecule has 1 radical (unpaired) electrons. The van der Waals surface area contributed by atoms with Gasteiger partial charge in [0.05, 0.1) is 72.3 Å². The molecule has 0 heterocycles. The molecule has 0 saturated heterocycles. The van der Waals surface area contributed by atoms with Crippen LogP contribution in [0, 0.1) is 56.4 Å². The van der Waals surface area contributed by atoms with Gasteiger partial charge in [-0.05, 0) is 102 Å². The average Bonchev–Trinajstić information content (AvgIpc) is 3.35. The van der Waals surface area contributed by atoms with E-state index in [9.17, 15) is 34.7 Å². The molecule has 0 aromatic heterocycles. The summed E-state index contributed by atoms with van der Waals surface area (Å²) in [5.41, 5.74) is 6.20. The summed E-state index contributed by atoms with van der Waals surface area (Å²) in [6.07, 6.45) is 0. The molecule has 18 nitrogen and oxygen atoms in total. The second-order valence-electron chi connectivity index (χ2n) is 13.5. The average molecular weight is 1280 g/mol. The second kappa shape index (κ2) is 51.7. The van der Waals surface area contributed by atoms with E-state index in [2.05, 4.69) is 45.6 Å². The molecular formula is C51H64AgClF2N7NaO11P4+3. The number of nitro groups is 3. The van der Waals surface area contributed by atoms with Crippen molar-refractivity contribution >= 4 is 107 Å². The number of nitrogen functional groups attached to an aromatic ring is 1. The fourth-order valence-electron chi connectivity index (χ4n) is 5.22. The van der Waals surface area contributed by atoms with Crippen LogP contribution in [0.3, 0.4) is 0 Å². The van der Waals surface area contributed by atoms with Crippen LogP contribution in [0.1, 0.15) is 22.3 Å². The molecule has 78 heavy (non-hydrogen) atoms. The second-order valence-corrected chi connectivity index (χ2v) is 19.0. The molecule has 8 aromatic rings. The van der Waals surface area contributed by atoms with Gasteiger partial charge < -0.3 is 27.2 Å². The third-order valence-electron chi connectivity index (χ3n) is 8.38. The summed E-state index contributed by atoms with van der Waals surface area (Å²) in [6.45, 7) is 0. The predicted molar refractivity (Wildman–Crippen MR) is 325 cm³/mol. The van der Waals surface area contributed by atoms with Crippen molar-refractivity contribution in [2.24, 2.45) is 5.34 Å². The van der Waals surface area contributed by atoms with E-state index in [0.29, 0.717) is 5.69 Å². The fraction of sp³-hybridized carbons (Fsp3) is 0.0588. The Kier molecular flexibility index (Phi) is 56.9. The van der Waals surface area contributed by atoms with Crippen molar-refractivity contribution in [2.45, 2.75) is 22.3 Å². The molecular weight excluding hydrogens is 1210 g/mol. The number of rotatable bonds is 9. The first kappa shape index (κ1) is 85.8. The quantitative estimate of drug-likeness (QED) is 0.0308. The van der Waals surface area contributed by atoms with E-state index >= 15 is 0 Å². The summed E-state index contributed by atoms with van der Waals surface area (Å²) in [5.74, 6) is -0.166. The fourth-order valence-corrected chi connectivity index (χ4v) is 8.99. The molecule has 4 unspecified atom stereocenters. The number of halogens is 3. The molecule has 0 aliphatic carbocycles. The first-order chi connectivity index (χ1) is 33.6. The minimum Gasteiger partial charge on any atom is -0.444 e. The number of nitrogens with two attached hydrogens (primary N) is 1. The van der Waals surface area contributed by atoms with Crippen LogP contribution in [-0.2, 0) is 22.4 Å². The maximum Gasteiger partial charge on any atom is 1.00 e. The normalized spacial score (nSPS) is 8.79. The van der Waals surface area contributed by atoms with Crippen LogP contribution in [0.15, 0.2) is 224 Å². The molecule has 419 valence electrons. The Balaban J connectivity index is -0.000000156. The summed E-state index contributed by atoms with van der Waals surface area (Å²) in [7, 11) is 2.77. The maximum absolute atomic E-state index is 12.6. The van der Waals surface area contributed by atoms with E-state index in [1.54, 1.807) is 24.3 Å². The Bertz CT molecular complexity index is 2680. The topological polar surface area (TPSA) is 306 Å². The van der Waals surface area contributed by atoms with Crippen LogP contribution in [0.25, 0.3) is 0 Å². The van der Waals surface area contributed by atoms with E-state index in [0.717, 1.165) is 15.9 Å². The number of anilines is 1. The van der Waals surface area contributed by atoms with E-state index in [4.69, 9.17) is 31.2 Å². The van der Waals surface area contributed by atoms with Crippen molar-refractivity contribution in [1.82, 2.24) is 6.15 Å². The smallest absolute Gasteiger partial charge is 0.444 e. The molecule has 0 amide bonds.